The average molecular weight is 331 g/mol. The zero-order chi connectivity index (χ0) is 12.3. The largest absolute Gasteiger partial charge is 0.291 e. The van der Waals surface area contributed by atoms with Crippen molar-refractivity contribution in [1.82, 2.24) is 4.98 Å². The first-order chi connectivity index (χ1) is 8.19. The second-order valence-corrected chi connectivity index (χ2v) is 5.61. The highest BCUT2D eigenvalue weighted by Crippen LogP contribution is 2.17. The lowest BCUT2D eigenvalue weighted by molar-refractivity contribution is 0.101. The van der Waals surface area contributed by atoms with Crippen LogP contribution >= 0.6 is 38.9 Å². The molecule has 0 spiro atoms. The molecule has 0 saturated carbocycles. The molecule has 1 aromatic carbocycles. The molecule has 0 unspecified atom stereocenters. The molecule has 0 atom stereocenters. The van der Waals surface area contributed by atoms with Gasteiger partial charge in [0.05, 0.1) is 10.9 Å². The van der Waals surface area contributed by atoms with Crippen molar-refractivity contribution in [3.05, 3.63) is 50.4 Å². The van der Waals surface area contributed by atoms with Gasteiger partial charge in [-0.1, -0.05) is 28.1 Å². The standard InChI is InChI=1S/C12H9BrClNOS/c13-9-3-1-8(2-4-9)5-12-15-10(7-17-12)11(16)6-14/h1-4,7H,5-6H2. The van der Waals surface area contributed by atoms with Crippen LogP contribution in [-0.2, 0) is 6.42 Å². The van der Waals surface area contributed by atoms with Gasteiger partial charge in [-0.15, -0.1) is 22.9 Å². The van der Waals surface area contributed by atoms with Crippen LogP contribution in [0.15, 0.2) is 34.1 Å². The van der Waals surface area contributed by atoms with E-state index in [4.69, 9.17) is 11.6 Å². The van der Waals surface area contributed by atoms with Crippen molar-refractivity contribution in [2.75, 3.05) is 5.88 Å². The van der Waals surface area contributed by atoms with Crippen molar-refractivity contribution in [2.24, 2.45) is 0 Å². The molecule has 0 amide bonds. The SMILES string of the molecule is O=C(CCl)c1csc(Cc2ccc(Br)cc2)n1. The van der Waals surface area contributed by atoms with E-state index in [-0.39, 0.29) is 11.7 Å². The molecule has 0 radical (unpaired) electrons. The van der Waals surface area contributed by atoms with Gasteiger partial charge in [-0.25, -0.2) is 4.98 Å². The molecule has 0 saturated heterocycles. The molecule has 5 heteroatoms. The van der Waals surface area contributed by atoms with E-state index in [0.717, 1.165) is 15.9 Å². The number of rotatable bonds is 4. The Morgan fingerprint density at radius 3 is 2.71 bits per heavy atom. The topological polar surface area (TPSA) is 30.0 Å². The number of carbonyl (C=O) groups excluding carboxylic acids is 1. The molecular weight excluding hydrogens is 322 g/mol. The number of nitrogens with zero attached hydrogens (tertiary/aromatic N) is 1. The van der Waals surface area contributed by atoms with Gasteiger partial charge in [0.1, 0.15) is 5.69 Å². The van der Waals surface area contributed by atoms with E-state index in [2.05, 4.69) is 20.9 Å². The fourth-order valence-electron chi connectivity index (χ4n) is 1.37. The van der Waals surface area contributed by atoms with Crippen LogP contribution in [0, 0.1) is 0 Å². The maximum absolute atomic E-state index is 11.3. The number of Topliss-reactive ketones (excluding diaryl/α,β-unsaturated/α-hetero) is 1. The minimum absolute atomic E-state index is 0.0124. The lowest BCUT2D eigenvalue weighted by atomic mass is 10.2. The Bertz CT molecular complexity index is 524. The van der Waals surface area contributed by atoms with Gasteiger partial charge in [0, 0.05) is 16.3 Å². The van der Waals surface area contributed by atoms with Crippen molar-refractivity contribution in [1.29, 1.82) is 0 Å². The predicted molar refractivity (Wildman–Crippen MR) is 74.1 cm³/mol. The molecule has 17 heavy (non-hydrogen) atoms. The minimum atomic E-state index is -0.120. The van der Waals surface area contributed by atoms with Crippen LogP contribution in [0.5, 0.6) is 0 Å². The summed E-state index contributed by atoms with van der Waals surface area (Å²) in [5, 5.41) is 2.69. The number of benzene rings is 1. The van der Waals surface area contributed by atoms with Crippen LogP contribution in [0.25, 0.3) is 0 Å². The monoisotopic (exact) mass is 329 g/mol. The van der Waals surface area contributed by atoms with Crippen molar-refractivity contribution in [2.45, 2.75) is 6.42 Å². The number of alkyl halides is 1. The summed E-state index contributed by atoms with van der Waals surface area (Å²) in [5.74, 6) is -0.133. The molecule has 0 aliphatic heterocycles. The number of hydrogen-bond acceptors (Lipinski definition) is 3. The van der Waals surface area contributed by atoms with Crippen LogP contribution < -0.4 is 0 Å². The molecule has 2 nitrogen and oxygen atoms in total. The van der Waals surface area contributed by atoms with Gasteiger partial charge in [0.2, 0.25) is 0 Å². The van der Waals surface area contributed by atoms with Crippen molar-refractivity contribution < 1.29 is 4.79 Å². The fraction of sp³-hybridized carbons (Fsp3) is 0.167. The van der Waals surface area contributed by atoms with Gasteiger partial charge < -0.3 is 0 Å². The third-order valence-corrected chi connectivity index (χ3v) is 3.85. The Morgan fingerprint density at radius 1 is 1.35 bits per heavy atom. The number of hydrogen-bond donors (Lipinski definition) is 0. The maximum atomic E-state index is 11.3. The predicted octanol–water partition coefficient (Wildman–Crippen LogP) is 3.92. The highest BCUT2D eigenvalue weighted by atomic mass is 79.9. The minimum Gasteiger partial charge on any atom is -0.291 e. The summed E-state index contributed by atoms with van der Waals surface area (Å²) in [6.45, 7) is 0. The highest BCUT2D eigenvalue weighted by Gasteiger charge is 2.09. The van der Waals surface area contributed by atoms with E-state index in [9.17, 15) is 4.79 Å². The fourth-order valence-corrected chi connectivity index (χ4v) is 2.60. The number of thiazole rings is 1. The molecule has 0 aliphatic carbocycles. The summed E-state index contributed by atoms with van der Waals surface area (Å²) < 4.78 is 1.05. The Morgan fingerprint density at radius 2 is 2.06 bits per heavy atom. The summed E-state index contributed by atoms with van der Waals surface area (Å²) in [5.41, 5.74) is 1.64. The molecule has 88 valence electrons. The lowest BCUT2D eigenvalue weighted by Crippen LogP contribution is -2.00. The van der Waals surface area contributed by atoms with Crippen LogP contribution in [0.1, 0.15) is 21.1 Å². The average Bonchev–Trinajstić information content (AvgIpc) is 2.80. The third-order valence-electron chi connectivity index (χ3n) is 2.23. The lowest BCUT2D eigenvalue weighted by Gasteiger charge is -1.97. The van der Waals surface area contributed by atoms with Crippen LogP contribution in [0.4, 0.5) is 0 Å². The van der Waals surface area contributed by atoms with E-state index >= 15 is 0 Å². The molecule has 0 fully saturated rings. The Balaban J connectivity index is 2.11. The smallest absolute Gasteiger partial charge is 0.196 e. The summed E-state index contributed by atoms with van der Waals surface area (Å²) >= 11 is 10.4. The zero-order valence-electron chi connectivity index (χ0n) is 8.82. The number of halogens is 2. The van der Waals surface area contributed by atoms with E-state index in [1.54, 1.807) is 5.38 Å². The molecule has 0 aliphatic rings. The van der Waals surface area contributed by atoms with Gasteiger partial charge in [-0.2, -0.15) is 0 Å². The maximum Gasteiger partial charge on any atom is 0.196 e. The molecule has 2 rings (SSSR count). The van der Waals surface area contributed by atoms with Crippen LogP contribution in [0.2, 0.25) is 0 Å². The molecular formula is C12H9BrClNOS. The summed E-state index contributed by atoms with van der Waals surface area (Å²) in [7, 11) is 0. The highest BCUT2D eigenvalue weighted by molar-refractivity contribution is 9.10. The molecule has 0 bridgehead atoms. The summed E-state index contributed by atoms with van der Waals surface area (Å²) in [4.78, 5) is 15.6. The quantitative estimate of drug-likeness (QED) is 0.628. The Kier molecular flexibility index (Phi) is 4.31. The van der Waals surface area contributed by atoms with Crippen molar-refractivity contribution >= 4 is 44.7 Å². The summed E-state index contributed by atoms with van der Waals surface area (Å²) in [6, 6.07) is 8.06. The van der Waals surface area contributed by atoms with Gasteiger partial charge >= 0.3 is 0 Å². The van der Waals surface area contributed by atoms with Crippen LogP contribution in [0.3, 0.4) is 0 Å². The van der Waals surface area contributed by atoms with Gasteiger partial charge in [-0.3, -0.25) is 4.79 Å². The normalized spacial score (nSPS) is 10.5. The third kappa shape index (κ3) is 3.37. The van der Waals surface area contributed by atoms with Crippen molar-refractivity contribution in [3.63, 3.8) is 0 Å². The first-order valence-corrected chi connectivity index (χ1v) is 7.18. The summed E-state index contributed by atoms with van der Waals surface area (Å²) in [6.07, 6.45) is 0.744. The second-order valence-electron chi connectivity index (χ2n) is 3.49. The van der Waals surface area contributed by atoms with Gasteiger partial charge in [0.25, 0.3) is 0 Å². The molecule has 1 heterocycles. The van der Waals surface area contributed by atoms with E-state index < -0.39 is 0 Å². The molecule has 1 aromatic heterocycles. The number of carbonyl (C=O) groups is 1. The zero-order valence-corrected chi connectivity index (χ0v) is 12.0. The number of ketones is 1. The Hall–Kier alpha value is -0.710. The Labute approximate surface area is 117 Å². The van der Waals surface area contributed by atoms with E-state index in [1.165, 1.54) is 16.9 Å². The molecule has 2 aromatic rings. The van der Waals surface area contributed by atoms with Gasteiger partial charge in [-0.05, 0) is 17.7 Å². The van der Waals surface area contributed by atoms with Gasteiger partial charge in [0.15, 0.2) is 5.78 Å². The van der Waals surface area contributed by atoms with Crippen molar-refractivity contribution in [3.8, 4) is 0 Å². The second kappa shape index (κ2) is 5.76. The van der Waals surface area contributed by atoms with E-state index in [0.29, 0.717) is 5.69 Å². The first kappa shape index (κ1) is 12.7. The first-order valence-electron chi connectivity index (χ1n) is 4.97. The van der Waals surface area contributed by atoms with E-state index in [1.807, 2.05) is 24.3 Å². The van der Waals surface area contributed by atoms with Crippen LogP contribution in [-0.4, -0.2) is 16.6 Å². The molecule has 0 N–H and O–H groups in total. The number of aromatic nitrogens is 1.